The molecule has 1 saturated heterocycles. The molecule has 0 radical (unpaired) electrons. The van der Waals surface area contributed by atoms with E-state index in [0.717, 1.165) is 0 Å². The lowest BCUT2D eigenvalue weighted by Gasteiger charge is -2.34. The summed E-state index contributed by atoms with van der Waals surface area (Å²) in [6.07, 6.45) is 0.606. The molecule has 1 rings (SSSR count). The predicted octanol–water partition coefficient (Wildman–Crippen LogP) is 0.302. The first-order valence-electron chi connectivity index (χ1n) is 4.90. The van der Waals surface area contributed by atoms with Crippen molar-refractivity contribution in [2.75, 3.05) is 18.8 Å². The number of hydrogen-bond acceptors (Lipinski definition) is 3. The Labute approximate surface area is 86.7 Å². The molecule has 1 aliphatic rings. The van der Waals surface area contributed by atoms with E-state index < -0.39 is 22.8 Å². The molecule has 0 spiro atoms. The second-order valence-electron chi connectivity index (χ2n) is 3.65. The summed E-state index contributed by atoms with van der Waals surface area (Å²) in [6, 6.07) is -0.408. The van der Waals surface area contributed by atoms with Gasteiger partial charge in [-0.1, -0.05) is 6.92 Å². The van der Waals surface area contributed by atoms with Gasteiger partial charge in [0.25, 0.3) is 0 Å². The number of hydrogen-bond donors (Lipinski definition) is 1. The maximum atomic E-state index is 11.4. The summed E-state index contributed by atoms with van der Waals surface area (Å²) in [5.41, 5.74) is 0. The molecule has 1 heterocycles. The summed E-state index contributed by atoms with van der Waals surface area (Å²) in [4.78, 5) is 12.8. The van der Waals surface area contributed by atoms with E-state index in [2.05, 4.69) is 0 Å². The van der Waals surface area contributed by atoms with Crippen molar-refractivity contribution in [2.45, 2.75) is 31.6 Å². The Morgan fingerprint density at radius 2 is 2.36 bits per heavy atom. The Morgan fingerprint density at radius 3 is 2.79 bits per heavy atom. The zero-order valence-electron chi connectivity index (χ0n) is 8.60. The van der Waals surface area contributed by atoms with E-state index in [1.54, 1.807) is 0 Å². The van der Waals surface area contributed by atoms with Crippen LogP contribution in [0.4, 0.5) is 0 Å². The van der Waals surface area contributed by atoms with Gasteiger partial charge in [-0.15, -0.1) is 0 Å². The van der Waals surface area contributed by atoms with Crippen molar-refractivity contribution in [2.24, 2.45) is 0 Å². The molecule has 0 aromatic rings. The van der Waals surface area contributed by atoms with Crippen LogP contribution < -0.4 is 0 Å². The van der Waals surface area contributed by atoms with Crippen molar-refractivity contribution in [1.29, 1.82) is 0 Å². The summed E-state index contributed by atoms with van der Waals surface area (Å²) < 4.78 is 11.4. The van der Waals surface area contributed by atoms with Gasteiger partial charge in [-0.2, -0.15) is 0 Å². The van der Waals surface area contributed by atoms with Crippen LogP contribution in [-0.2, 0) is 15.6 Å². The SMILES string of the molecule is CCC(C(=O)O)N1CCS(=O)C(C)C1. The maximum Gasteiger partial charge on any atom is 0.320 e. The van der Waals surface area contributed by atoms with Crippen LogP contribution in [0.25, 0.3) is 0 Å². The minimum absolute atomic E-state index is 0.0946. The van der Waals surface area contributed by atoms with Crippen molar-refractivity contribution in [3.63, 3.8) is 0 Å². The van der Waals surface area contributed by atoms with Crippen LogP contribution in [0.5, 0.6) is 0 Å². The fraction of sp³-hybridized carbons (Fsp3) is 0.889. The van der Waals surface area contributed by atoms with Crippen LogP contribution in [0.1, 0.15) is 20.3 Å². The van der Waals surface area contributed by atoms with Gasteiger partial charge in [-0.3, -0.25) is 13.9 Å². The van der Waals surface area contributed by atoms with Crippen molar-refractivity contribution < 1.29 is 14.1 Å². The van der Waals surface area contributed by atoms with Crippen LogP contribution in [0.15, 0.2) is 0 Å². The van der Waals surface area contributed by atoms with E-state index in [0.29, 0.717) is 25.3 Å². The van der Waals surface area contributed by atoms with Crippen LogP contribution in [0.3, 0.4) is 0 Å². The molecular formula is C9H17NO3S. The Bertz CT molecular complexity index is 244. The quantitative estimate of drug-likeness (QED) is 0.742. The third-order valence-electron chi connectivity index (χ3n) is 2.63. The van der Waals surface area contributed by atoms with Gasteiger partial charge in [0, 0.05) is 34.9 Å². The molecular weight excluding hydrogens is 202 g/mol. The number of carboxylic acids is 1. The lowest BCUT2D eigenvalue weighted by Crippen LogP contribution is -2.50. The van der Waals surface area contributed by atoms with Gasteiger partial charge < -0.3 is 5.11 Å². The van der Waals surface area contributed by atoms with E-state index in [9.17, 15) is 9.00 Å². The highest BCUT2D eigenvalue weighted by atomic mass is 32.2. The van der Waals surface area contributed by atoms with Crippen LogP contribution in [0, 0.1) is 0 Å². The van der Waals surface area contributed by atoms with Crippen molar-refractivity contribution in [3.05, 3.63) is 0 Å². The molecule has 0 aliphatic carbocycles. The van der Waals surface area contributed by atoms with Gasteiger partial charge in [0.05, 0.1) is 0 Å². The number of aliphatic carboxylic acids is 1. The standard InChI is InChI=1S/C9H17NO3S/c1-3-8(9(11)12)10-4-5-14(13)7(2)6-10/h7-8H,3-6H2,1-2H3,(H,11,12). The van der Waals surface area contributed by atoms with Crippen LogP contribution in [0.2, 0.25) is 0 Å². The molecule has 0 aromatic heterocycles. The number of nitrogens with zero attached hydrogens (tertiary/aromatic N) is 1. The predicted molar refractivity (Wildman–Crippen MR) is 55.8 cm³/mol. The first-order chi connectivity index (χ1) is 6.56. The van der Waals surface area contributed by atoms with Gasteiger partial charge in [-0.25, -0.2) is 0 Å². The highest BCUT2D eigenvalue weighted by Gasteiger charge is 2.30. The normalized spacial score (nSPS) is 31.3. The van der Waals surface area contributed by atoms with E-state index in [-0.39, 0.29) is 5.25 Å². The van der Waals surface area contributed by atoms with Gasteiger partial charge in [0.1, 0.15) is 6.04 Å². The molecule has 3 unspecified atom stereocenters. The summed E-state index contributed by atoms with van der Waals surface area (Å²) in [5, 5.41) is 9.05. The van der Waals surface area contributed by atoms with Crippen molar-refractivity contribution in [3.8, 4) is 0 Å². The molecule has 4 nitrogen and oxygen atoms in total. The lowest BCUT2D eigenvalue weighted by atomic mass is 10.2. The average molecular weight is 219 g/mol. The molecule has 3 atom stereocenters. The van der Waals surface area contributed by atoms with E-state index in [4.69, 9.17) is 5.11 Å². The molecule has 0 bridgehead atoms. The highest BCUT2D eigenvalue weighted by molar-refractivity contribution is 7.85. The number of carbonyl (C=O) groups is 1. The summed E-state index contributed by atoms with van der Waals surface area (Å²) in [5.74, 6) is -0.169. The van der Waals surface area contributed by atoms with Gasteiger partial charge in [0.2, 0.25) is 0 Å². The maximum absolute atomic E-state index is 11.4. The molecule has 14 heavy (non-hydrogen) atoms. The fourth-order valence-corrected chi connectivity index (χ4v) is 2.96. The van der Waals surface area contributed by atoms with E-state index in [1.165, 1.54) is 0 Å². The zero-order chi connectivity index (χ0) is 10.7. The minimum Gasteiger partial charge on any atom is -0.480 e. The number of carboxylic acid groups (broad SMARTS) is 1. The first kappa shape index (κ1) is 11.7. The lowest BCUT2D eigenvalue weighted by molar-refractivity contribution is -0.143. The minimum atomic E-state index is -0.772. The molecule has 1 aliphatic heterocycles. The van der Waals surface area contributed by atoms with Gasteiger partial charge in [-0.05, 0) is 13.3 Å². The molecule has 0 amide bonds. The second kappa shape index (κ2) is 4.89. The van der Waals surface area contributed by atoms with Crippen LogP contribution >= 0.6 is 0 Å². The molecule has 0 saturated carbocycles. The third-order valence-corrected chi connectivity index (χ3v) is 4.26. The Morgan fingerprint density at radius 1 is 1.71 bits per heavy atom. The first-order valence-corrected chi connectivity index (χ1v) is 6.28. The Kier molecular flexibility index (Phi) is 4.07. The molecule has 5 heteroatoms. The monoisotopic (exact) mass is 219 g/mol. The summed E-state index contributed by atoms with van der Waals surface area (Å²) in [7, 11) is -0.772. The largest absolute Gasteiger partial charge is 0.480 e. The number of rotatable bonds is 3. The summed E-state index contributed by atoms with van der Waals surface area (Å²) >= 11 is 0. The van der Waals surface area contributed by atoms with Crippen molar-refractivity contribution >= 4 is 16.8 Å². The fourth-order valence-electron chi connectivity index (χ4n) is 1.79. The molecule has 0 aromatic carbocycles. The van der Waals surface area contributed by atoms with Crippen LogP contribution in [-0.4, -0.2) is 50.3 Å². The van der Waals surface area contributed by atoms with E-state index >= 15 is 0 Å². The van der Waals surface area contributed by atoms with Gasteiger partial charge in [0.15, 0.2) is 0 Å². The molecule has 1 N–H and O–H groups in total. The zero-order valence-corrected chi connectivity index (χ0v) is 9.42. The Balaban J connectivity index is 2.60. The topological polar surface area (TPSA) is 57.6 Å². The summed E-state index contributed by atoms with van der Waals surface area (Å²) in [6.45, 7) is 5.06. The highest BCUT2D eigenvalue weighted by Crippen LogP contribution is 2.13. The van der Waals surface area contributed by atoms with E-state index in [1.807, 2.05) is 18.7 Å². The second-order valence-corrected chi connectivity index (χ2v) is 5.63. The average Bonchev–Trinajstić information content (AvgIpc) is 2.11. The smallest absolute Gasteiger partial charge is 0.320 e. The molecule has 82 valence electrons. The third kappa shape index (κ3) is 2.54. The van der Waals surface area contributed by atoms with Crippen molar-refractivity contribution in [1.82, 2.24) is 4.90 Å². The molecule has 1 fully saturated rings. The van der Waals surface area contributed by atoms with Gasteiger partial charge >= 0.3 is 5.97 Å². The Hall–Kier alpha value is -0.420.